The molecule has 0 spiro atoms. The minimum Gasteiger partial charge on any atom is -0.480 e. The molecule has 0 rings (SSSR count). The average Bonchev–Trinajstić information content (AvgIpc) is 2.67. The van der Waals surface area contributed by atoms with Crippen molar-refractivity contribution in [1.82, 2.24) is 16.0 Å². The van der Waals surface area contributed by atoms with Gasteiger partial charge in [0.05, 0.1) is 12.5 Å². The second-order valence-electron chi connectivity index (χ2n) is 8.60. The van der Waals surface area contributed by atoms with E-state index in [1.165, 1.54) is 0 Å². The van der Waals surface area contributed by atoms with Crippen LogP contribution in [0.15, 0.2) is 0 Å². The van der Waals surface area contributed by atoms with Gasteiger partial charge in [-0.15, -0.1) is 0 Å². The van der Waals surface area contributed by atoms with E-state index in [0.717, 1.165) is 0 Å². The summed E-state index contributed by atoms with van der Waals surface area (Å²) in [4.78, 5) is 71.5. The number of carbonyl (C=O) groups is 6. The normalized spacial score (nSPS) is 14.6. The van der Waals surface area contributed by atoms with Gasteiger partial charge in [-0.05, 0) is 24.7 Å². The van der Waals surface area contributed by atoms with Gasteiger partial charge in [0.15, 0.2) is 0 Å². The van der Waals surface area contributed by atoms with E-state index in [-0.39, 0.29) is 25.2 Å². The van der Waals surface area contributed by atoms with Gasteiger partial charge >= 0.3 is 5.97 Å². The molecule has 4 unspecified atom stereocenters. The van der Waals surface area contributed by atoms with Crippen molar-refractivity contribution in [1.29, 1.82) is 0 Å². The van der Waals surface area contributed by atoms with E-state index < -0.39 is 72.0 Å². The Labute approximate surface area is 192 Å². The van der Waals surface area contributed by atoms with Crippen molar-refractivity contribution in [2.75, 3.05) is 0 Å². The number of carboxylic acids is 1. The number of nitrogens with two attached hydrogens (primary N) is 3. The summed E-state index contributed by atoms with van der Waals surface area (Å²) in [6.45, 7) is 6.76. The Hall–Kier alpha value is -3.22. The predicted octanol–water partition coefficient (Wildman–Crippen LogP) is -2.30. The first-order chi connectivity index (χ1) is 15.1. The van der Waals surface area contributed by atoms with Crippen LogP contribution in [0.5, 0.6) is 0 Å². The molecule has 33 heavy (non-hydrogen) atoms. The standard InChI is InChI=1S/C20H36N6O7/c1-9(2)7-12(24-17(29)11(21)5-6-14(22)27)18(30)25-13(8-15(23)28)19(31)26-16(10(3)4)20(32)33/h9-13,16H,5-8,21H2,1-4H3,(H2,22,27)(H2,23,28)(H,24,29)(H,25,30)(H,26,31)(H,32,33). The zero-order chi connectivity index (χ0) is 25.9. The van der Waals surface area contributed by atoms with Crippen LogP contribution in [0.25, 0.3) is 0 Å². The van der Waals surface area contributed by atoms with Crippen LogP contribution in [0.3, 0.4) is 0 Å². The number of carbonyl (C=O) groups excluding carboxylic acids is 5. The molecule has 4 atom stereocenters. The Kier molecular flexibility index (Phi) is 12.7. The molecule has 0 aliphatic rings. The summed E-state index contributed by atoms with van der Waals surface area (Å²) in [5.74, 6) is -5.71. The lowest BCUT2D eigenvalue weighted by molar-refractivity contribution is -0.143. The maximum absolute atomic E-state index is 12.9. The number of amides is 5. The molecule has 0 aliphatic carbocycles. The third kappa shape index (κ3) is 11.8. The fourth-order valence-corrected chi connectivity index (χ4v) is 2.86. The number of carboxylic acid groups (broad SMARTS) is 1. The first-order valence-corrected chi connectivity index (χ1v) is 10.6. The highest BCUT2D eigenvalue weighted by molar-refractivity contribution is 5.96. The molecule has 13 nitrogen and oxygen atoms in total. The number of nitrogens with one attached hydrogen (secondary N) is 3. The molecule has 0 aromatic rings. The zero-order valence-corrected chi connectivity index (χ0v) is 19.4. The molecule has 0 fully saturated rings. The molecule has 13 heteroatoms. The third-order valence-electron chi connectivity index (χ3n) is 4.65. The van der Waals surface area contributed by atoms with E-state index in [0.29, 0.717) is 0 Å². The molecule has 0 aromatic heterocycles. The van der Waals surface area contributed by atoms with Crippen LogP contribution < -0.4 is 33.2 Å². The SMILES string of the molecule is CC(C)CC(NC(=O)C(N)CCC(N)=O)C(=O)NC(CC(N)=O)C(=O)NC(C(=O)O)C(C)C. The van der Waals surface area contributed by atoms with E-state index in [4.69, 9.17) is 17.2 Å². The predicted molar refractivity (Wildman–Crippen MR) is 118 cm³/mol. The van der Waals surface area contributed by atoms with Gasteiger partial charge in [-0.2, -0.15) is 0 Å². The van der Waals surface area contributed by atoms with E-state index in [1.54, 1.807) is 27.7 Å². The van der Waals surface area contributed by atoms with Gasteiger partial charge in [-0.1, -0.05) is 27.7 Å². The average molecular weight is 473 g/mol. The molecule has 0 saturated carbocycles. The Morgan fingerprint density at radius 2 is 1.30 bits per heavy atom. The summed E-state index contributed by atoms with van der Waals surface area (Å²) in [5, 5.41) is 16.4. The first kappa shape index (κ1) is 29.8. The molecule has 0 radical (unpaired) electrons. The third-order valence-corrected chi connectivity index (χ3v) is 4.65. The number of aliphatic carboxylic acids is 1. The van der Waals surface area contributed by atoms with Crippen LogP contribution in [0, 0.1) is 11.8 Å². The van der Waals surface area contributed by atoms with Crippen LogP contribution in [-0.2, 0) is 28.8 Å². The molecule has 10 N–H and O–H groups in total. The topological polar surface area (TPSA) is 237 Å². The lowest BCUT2D eigenvalue weighted by Gasteiger charge is -2.26. The summed E-state index contributed by atoms with van der Waals surface area (Å²) >= 11 is 0. The van der Waals surface area contributed by atoms with Gasteiger partial charge < -0.3 is 38.3 Å². The molecular formula is C20H36N6O7. The molecular weight excluding hydrogens is 436 g/mol. The highest BCUT2D eigenvalue weighted by Crippen LogP contribution is 2.08. The van der Waals surface area contributed by atoms with Crippen LogP contribution in [0.2, 0.25) is 0 Å². The minimum atomic E-state index is -1.45. The van der Waals surface area contributed by atoms with Crippen LogP contribution in [0.1, 0.15) is 53.4 Å². The Balaban J connectivity index is 5.49. The molecule has 0 bridgehead atoms. The van der Waals surface area contributed by atoms with Gasteiger partial charge in [0.1, 0.15) is 18.1 Å². The van der Waals surface area contributed by atoms with E-state index in [1.807, 2.05) is 0 Å². The van der Waals surface area contributed by atoms with Crippen LogP contribution in [-0.4, -0.2) is 64.8 Å². The molecule has 0 saturated heterocycles. The second-order valence-corrected chi connectivity index (χ2v) is 8.60. The largest absolute Gasteiger partial charge is 0.480 e. The number of primary amides is 2. The quantitative estimate of drug-likeness (QED) is 0.136. The summed E-state index contributed by atoms with van der Waals surface area (Å²) in [7, 11) is 0. The van der Waals surface area contributed by atoms with E-state index in [2.05, 4.69) is 16.0 Å². The van der Waals surface area contributed by atoms with E-state index in [9.17, 15) is 33.9 Å². The zero-order valence-electron chi connectivity index (χ0n) is 19.4. The lowest BCUT2D eigenvalue weighted by atomic mass is 10.0. The Morgan fingerprint density at radius 3 is 1.73 bits per heavy atom. The minimum absolute atomic E-state index is 0.0182. The van der Waals surface area contributed by atoms with Crippen LogP contribution >= 0.6 is 0 Å². The van der Waals surface area contributed by atoms with Crippen LogP contribution in [0.4, 0.5) is 0 Å². The molecule has 188 valence electrons. The fraction of sp³-hybridized carbons (Fsp3) is 0.700. The molecule has 0 aliphatic heterocycles. The van der Waals surface area contributed by atoms with Crippen molar-refractivity contribution < 1.29 is 33.9 Å². The molecule has 0 aromatic carbocycles. The van der Waals surface area contributed by atoms with Gasteiger partial charge in [0.2, 0.25) is 29.5 Å². The maximum atomic E-state index is 12.9. The van der Waals surface area contributed by atoms with Gasteiger partial charge in [0.25, 0.3) is 0 Å². The van der Waals surface area contributed by atoms with Crippen molar-refractivity contribution in [3.63, 3.8) is 0 Å². The monoisotopic (exact) mass is 472 g/mol. The summed E-state index contributed by atoms with van der Waals surface area (Å²) in [6.07, 6.45) is -0.538. The maximum Gasteiger partial charge on any atom is 0.326 e. The Morgan fingerprint density at radius 1 is 0.788 bits per heavy atom. The Bertz CT molecular complexity index is 740. The highest BCUT2D eigenvalue weighted by atomic mass is 16.4. The molecule has 5 amide bonds. The van der Waals surface area contributed by atoms with Crippen molar-refractivity contribution in [2.45, 2.75) is 77.5 Å². The van der Waals surface area contributed by atoms with Gasteiger partial charge in [-0.25, -0.2) is 4.79 Å². The molecule has 0 heterocycles. The summed E-state index contributed by atoms with van der Waals surface area (Å²) in [6, 6.07) is -4.90. The van der Waals surface area contributed by atoms with Crippen molar-refractivity contribution >= 4 is 35.5 Å². The summed E-state index contributed by atoms with van der Waals surface area (Å²) in [5.41, 5.74) is 16.0. The van der Waals surface area contributed by atoms with E-state index >= 15 is 0 Å². The highest BCUT2D eigenvalue weighted by Gasteiger charge is 2.32. The second kappa shape index (κ2) is 14.0. The lowest BCUT2D eigenvalue weighted by Crippen LogP contribution is -2.58. The van der Waals surface area contributed by atoms with Crippen molar-refractivity contribution in [3.05, 3.63) is 0 Å². The summed E-state index contributed by atoms with van der Waals surface area (Å²) < 4.78 is 0. The van der Waals surface area contributed by atoms with Crippen molar-refractivity contribution in [2.24, 2.45) is 29.0 Å². The smallest absolute Gasteiger partial charge is 0.326 e. The van der Waals surface area contributed by atoms with Crippen molar-refractivity contribution in [3.8, 4) is 0 Å². The first-order valence-electron chi connectivity index (χ1n) is 10.6. The number of rotatable bonds is 15. The van der Waals surface area contributed by atoms with Gasteiger partial charge in [0, 0.05) is 6.42 Å². The number of hydrogen-bond donors (Lipinski definition) is 7. The van der Waals surface area contributed by atoms with Gasteiger partial charge in [-0.3, -0.25) is 24.0 Å². The number of hydrogen-bond acceptors (Lipinski definition) is 7. The fourth-order valence-electron chi connectivity index (χ4n) is 2.86.